The van der Waals surface area contributed by atoms with Crippen molar-refractivity contribution in [3.05, 3.63) is 4.91 Å². The van der Waals surface area contributed by atoms with Crippen molar-refractivity contribution >= 4 is 24.6 Å². The summed E-state index contributed by atoms with van der Waals surface area (Å²) in [5.41, 5.74) is 0. The molecule has 0 atom stereocenters. The summed E-state index contributed by atoms with van der Waals surface area (Å²) in [6, 6.07) is 0. The molecule has 0 aromatic carbocycles. The molecule has 0 bridgehead atoms. The van der Waals surface area contributed by atoms with E-state index in [2.05, 4.69) is 18.7 Å². The maximum absolute atomic E-state index is 9.01. The average Bonchev–Trinajstić information content (AvgIpc) is 1.61. The van der Waals surface area contributed by atoms with Crippen LogP contribution in [0.5, 0.6) is 0 Å². The van der Waals surface area contributed by atoms with Crippen molar-refractivity contribution in [1.29, 1.82) is 0 Å². The van der Waals surface area contributed by atoms with Crippen LogP contribution in [0.3, 0.4) is 0 Å². The summed E-state index contributed by atoms with van der Waals surface area (Å²) in [4.78, 5) is 9.01. The van der Waals surface area contributed by atoms with Crippen molar-refractivity contribution < 1.29 is 0 Å². The number of nitroso groups, excluding NO2 is 1. The van der Waals surface area contributed by atoms with E-state index in [4.69, 9.17) is 4.91 Å². The number of hydrogen-bond donors (Lipinski definition) is 0. The first-order valence-corrected chi connectivity index (χ1v) is 2.54. The summed E-state index contributed by atoms with van der Waals surface area (Å²) >= 11 is 0.735. The van der Waals surface area contributed by atoms with Crippen LogP contribution >= 0.6 is 0 Å². The first-order valence-electron chi connectivity index (χ1n) is 0.983. The van der Waals surface area contributed by atoms with Crippen LogP contribution < -0.4 is 0 Å². The Labute approximate surface area is 48.5 Å². The van der Waals surface area contributed by atoms with Gasteiger partial charge in [0.1, 0.15) is 0 Å². The molecule has 0 aliphatic heterocycles. The first kappa shape index (κ1) is 5.88. The molecular weight excluding hydrogens is 281 g/mol. The van der Waals surface area contributed by atoms with E-state index in [1.165, 1.54) is 0 Å². The number of hydrogen-bond acceptors (Lipinski definition) is 2. The van der Waals surface area contributed by atoms with Crippen molar-refractivity contribution in [3.8, 4) is 0 Å². The molecule has 0 fully saturated rings. The molecule has 0 aromatic heterocycles. The van der Waals surface area contributed by atoms with Gasteiger partial charge >= 0.3 is 48.2 Å². The van der Waals surface area contributed by atoms with Crippen molar-refractivity contribution in [3.63, 3.8) is 0 Å². The van der Waals surface area contributed by atoms with Gasteiger partial charge in [0.05, 0.1) is 0 Å². The normalized spacial score (nSPS) is 8.67. The molecule has 0 saturated heterocycles. The van der Waals surface area contributed by atoms with Gasteiger partial charge < -0.3 is 0 Å². The molecule has 5 nitrogen and oxygen atoms in total. The second-order valence-corrected chi connectivity index (χ2v) is 1.05. The van der Waals surface area contributed by atoms with Crippen LogP contribution in [0.15, 0.2) is 18.7 Å². The van der Waals surface area contributed by atoms with Gasteiger partial charge in [-0.1, -0.05) is 0 Å². The van der Waals surface area contributed by atoms with Gasteiger partial charge in [-0.05, 0) is 0 Å². The van der Waals surface area contributed by atoms with Gasteiger partial charge in [0, 0.05) is 0 Å². The van der Waals surface area contributed by atoms with Gasteiger partial charge in [-0.15, -0.1) is 0 Å². The minimum atomic E-state index is 0.735. The predicted molar refractivity (Wildman–Crippen MR) is 18.8 cm³/mol. The van der Waals surface area contributed by atoms with Crippen molar-refractivity contribution in [1.82, 2.24) is 0 Å². The quantitative estimate of drug-likeness (QED) is 0.312. The fourth-order valence-corrected chi connectivity index (χ4v) is 0.173. The Hall–Kier alpha value is -0.117. The topological polar surface area (TPSA) is 66.5 Å². The monoisotopic (exact) mass is 281 g/mol. The zero-order valence-corrected chi connectivity index (χ0v) is 6.12. The fourth-order valence-electron chi connectivity index (χ4n) is 0.0342. The fraction of sp³-hybridized carbons (Fsp3) is 0. The van der Waals surface area contributed by atoms with E-state index in [0.717, 1.165) is 24.6 Å². The van der Waals surface area contributed by atoms with Crippen LogP contribution in [0.2, 0.25) is 0 Å². The van der Waals surface area contributed by atoms with Crippen molar-refractivity contribution in [2.24, 2.45) is 18.7 Å². The van der Waals surface area contributed by atoms with Gasteiger partial charge in [-0.25, -0.2) is 0 Å². The molecule has 0 spiro atoms. The van der Waals surface area contributed by atoms with E-state index >= 15 is 0 Å². The van der Waals surface area contributed by atoms with Crippen molar-refractivity contribution in [2.75, 3.05) is 0 Å². The molecule has 0 aliphatic rings. The molecule has 31 valence electrons. The maximum atomic E-state index is 9.01. The molecule has 6 heteroatoms. The zero-order valence-electron chi connectivity index (χ0n) is 2.64. The van der Waals surface area contributed by atoms with Gasteiger partial charge in [-0.3, -0.25) is 0 Å². The average molecular weight is 281 g/mol. The molecule has 6 heavy (non-hydrogen) atoms. The summed E-state index contributed by atoms with van der Waals surface area (Å²) in [5.74, 6) is 0. The minimum absolute atomic E-state index is 0.735. The number of rotatable bonds is 2. The van der Waals surface area contributed by atoms with Gasteiger partial charge in [0.2, 0.25) is 0 Å². The third-order valence-electron chi connectivity index (χ3n) is 0.117. The predicted octanol–water partition coefficient (Wildman–Crippen LogP) is 0.387. The van der Waals surface area contributed by atoms with Crippen LogP contribution in [-0.4, -0.2) is 24.6 Å². The summed E-state index contributed by atoms with van der Waals surface area (Å²) in [7, 11) is 0. The molecule has 0 aliphatic carbocycles. The van der Waals surface area contributed by atoms with Gasteiger partial charge in [0.25, 0.3) is 0 Å². The SMILES string of the molecule is O=N/N=N/[N]=[Bi]. The van der Waals surface area contributed by atoms with Crippen LogP contribution in [0, 0.1) is 4.91 Å². The Balaban J connectivity index is 3.17. The molecule has 0 N–H and O–H groups in total. The molecule has 1 radical (unpaired) electrons. The second-order valence-electron chi connectivity index (χ2n) is 0.350. The first-order chi connectivity index (χ1) is 2.91. The summed E-state index contributed by atoms with van der Waals surface area (Å²) in [5, 5.41) is 7.61. The Kier molecular flexibility index (Phi) is 4.79. The van der Waals surface area contributed by atoms with Crippen molar-refractivity contribution in [2.45, 2.75) is 0 Å². The van der Waals surface area contributed by atoms with Crippen LogP contribution in [0.1, 0.15) is 0 Å². The third-order valence-corrected chi connectivity index (χ3v) is 0.428. The number of nitrogens with zero attached hydrogens (tertiary/aromatic N) is 4. The van der Waals surface area contributed by atoms with E-state index < -0.39 is 0 Å². The Morgan fingerprint density at radius 3 is 2.17 bits per heavy atom. The molecule has 0 saturated carbocycles. The molecule has 0 aromatic rings. The van der Waals surface area contributed by atoms with Gasteiger partial charge in [0.15, 0.2) is 0 Å². The Bertz CT molecular complexity index is 65.6. The summed E-state index contributed by atoms with van der Waals surface area (Å²) in [6.45, 7) is 0. The molecular formula is BiN4O. The molecule has 0 unspecified atom stereocenters. The molecule has 0 rings (SSSR count). The molecule has 0 heterocycles. The summed E-state index contributed by atoms with van der Waals surface area (Å²) < 4.78 is 3.20. The summed E-state index contributed by atoms with van der Waals surface area (Å²) in [6.07, 6.45) is 0. The van der Waals surface area contributed by atoms with Crippen LogP contribution in [0.25, 0.3) is 0 Å². The zero-order chi connectivity index (χ0) is 4.83. The standard InChI is InChI=1S/Bi.N4O/c;1-2-3-4-5/b;3-2+. The van der Waals surface area contributed by atoms with Crippen LogP contribution in [-0.2, 0) is 0 Å². The van der Waals surface area contributed by atoms with E-state index in [-0.39, 0.29) is 0 Å². The van der Waals surface area contributed by atoms with Crippen LogP contribution in [0.4, 0.5) is 0 Å². The Morgan fingerprint density at radius 2 is 2.00 bits per heavy atom. The molecule has 0 amide bonds. The van der Waals surface area contributed by atoms with E-state index in [1.807, 2.05) is 0 Å². The Morgan fingerprint density at radius 1 is 1.33 bits per heavy atom. The second kappa shape index (κ2) is 4.88. The van der Waals surface area contributed by atoms with E-state index in [1.54, 1.807) is 0 Å². The van der Waals surface area contributed by atoms with Gasteiger partial charge in [-0.2, -0.15) is 0 Å². The van der Waals surface area contributed by atoms with E-state index in [9.17, 15) is 0 Å². The van der Waals surface area contributed by atoms with E-state index in [0.29, 0.717) is 0 Å². The third kappa shape index (κ3) is 3.88.